The van der Waals surface area contributed by atoms with Crippen LogP contribution in [0.15, 0.2) is 30.5 Å². The standard InChI is InChI=1S/C15H18N4O3S/c1-10-16-8-13(23-10)9-17-14(20)18-15(2,3)11-4-6-12(7-5-11)19(21)22/h4-8H,9H2,1-3H3,(H2,17,18,20). The van der Waals surface area contributed by atoms with E-state index in [0.717, 1.165) is 15.4 Å². The average Bonchev–Trinajstić information content (AvgIpc) is 2.90. The summed E-state index contributed by atoms with van der Waals surface area (Å²) in [5, 5.41) is 17.3. The van der Waals surface area contributed by atoms with Gasteiger partial charge in [-0.25, -0.2) is 9.78 Å². The molecular formula is C15H18N4O3S. The number of nitro groups is 1. The predicted octanol–water partition coefficient (Wildman–Crippen LogP) is 3.09. The van der Waals surface area contributed by atoms with Crippen molar-refractivity contribution >= 4 is 23.1 Å². The average molecular weight is 334 g/mol. The van der Waals surface area contributed by atoms with E-state index in [1.165, 1.54) is 23.5 Å². The van der Waals surface area contributed by atoms with Crippen molar-refractivity contribution < 1.29 is 9.72 Å². The number of non-ortho nitro benzene ring substituents is 1. The minimum Gasteiger partial charge on any atom is -0.333 e. The van der Waals surface area contributed by atoms with Gasteiger partial charge in [-0.15, -0.1) is 11.3 Å². The highest BCUT2D eigenvalue weighted by atomic mass is 32.1. The van der Waals surface area contributed by atoms with Gasteiger partial charge in [-0.2, -0.15) is 0 Å². The SMILES string of the molecule is Cc1ncc(CNC(=O)NC(C)(C)c2ccc([N+](=O)[O-])cc2)s1. The van der Waals surface area contributed by atoms with Gasteiger partial charge < -0.3 is 10.6 Å². The van der Waals surface area contributed by atoms with Gasteiger partial charge in [0, 0.05) is 23.2 Å². The minimum atomic E-state index is -0.650. The number of benzene rings is 1. The van der Waals surface area contributed by atoms with Crippen LogP contribution in [0.2, 0.25) is 0 Å². The molecule has 23 heavy (non-hydrogen) atoms. The van der Waals surface area contributed by atoms with E-state index >= 15 is 0 Å². The van der Waals surface area contributed by atoms with Crippen LogP contribution in [0.25, 0.3) is 0 Å². The second kappa shape index (κ2) is 6.74. The van der Waals surface area contributed by atoms with Crippen molar-refractivity contribution in [3.05, 3.63) is 56.0 Å². The number of rotatable bonds is 5. The van der Waals surface area contributed by atoms with Crippen LogP contribution in [-0.2, 0) is 12.1 Å². The molecule has 0 radical (unpaired) electrons. The number of urea groups is 1. The van der Waals surface area contributed by atoms with Crippen LogP contribution < -0.4 is 10.6 Å². The maximum Gasteiger partial charge on any atom is 0.315 e. The zero-order chi connectivity index (χ0) is 17.0. The molecular weight excluding hydrogens is 316 g/mol. The number of hydrogen-bond donors (Lipinski definition) is 2. The number of nitrogens with zero attached hydrogens (tertiary/aromatic N) is 2. The molecule has 2 aromatic rings. The number of amides is 2. The van der Waals surface area contributed by atoms with Crippen LogP contribution in [0.4, 0.5) is 10.5 Å². The first-order chi connectivity index (χ1) is 10.8. The fourth-order valence-corrected chi connectivity index (χ4v) is 2.79. The monoisotopic (exact) mass is 334 g/mol. The lowest BCUT2D eigenvalue weighted by Crippen LogP contribution is -2.46. The van der Waals surface area contributed by atoms with Gasteiger partial charge in [-0.3, -0.25) is 10.1 Å². The smallest absolute Gasteiger partial charge is 0.315 e. The highest BCUT2D eigenvalue weighted by Crippen LogP contribution is 2.22. The summed E-state index contributed by atoms with van der Waals surface area (Å²) in [5.41, 5.74) is 0.157. The molecule has 2 N–H and O–H groups in total. The number of carbonyl (C=O) groups is 1. The zero-order valence-electron chi connectivity index (χ0n) is 13.1. The van der Waals surface area contributed by atoms with Crippen molar-refractivity contribution in [1.82, 2.24) is 15.6 Å². The summed E-state index contributed by atoms with van der Waals surface area (Å²) in [5.74, 6) is 0. The van der Waals surface area contributed by atoms with Gasteiger partial charge in [0.05, 0.1) is 22.0 Å². The molecule has 1 heterocycles. The van der Waals surface area contributed by atoms with Crippen molar-refractivity contribution in [3.63, 3.8) is 0 Å². The highest BCUT2D eigenvalue weighted by molar-refractivity contribution is 7.11. The largest absolute Gasteiger partial charge is 0.333 e. The van der Waals surface area contributed by atoms with E-state index in [1.807, 2.05) is 20.8 Å². The number of thiazole rings is 1. The Bertz CT molecular complexity index is 710. The molecule has 0 unspecified atom stereocenters. The van der Waals surface area contributed by atoms with Crippen molar-refractivity contribution in [2.24, 2.45) is 0 Å². The van der Waals surface area contributed by atoms with Crippen LogP contribution in [0.3, 0.4) is 0 Å². The summed E-state index contributed by atoms with van der Waals surface area (Å²) >= 11 is 1.53. The van der Waals surface area contributed by atoms with E-state index in [-0.39, 0.29) is 11.7 Å². The zero-order valence-corrected chi connectivity index (χ0v) is 13.9. The lowest BCUT2D eigenvalue weighted by Gasteiger charge is -2.26. The molecule has 0 saturated heterocycles. The van der Waals surface area contributed by atoms with E-state index < -0.39 is 10.5 Å². The Morgan fingerprint density at radius 2 is 2.00 bits per heavy atom. The van der Waals surface area contributed by atoms with Crippen LogP contribution in [-0.4, -0.2) is 15.9 Å². The number of aryl methyl sites for hydroxylation is 1. The quantitative estimate of drug-likeness (QED) is 0.648. The summed E-state index contributed by atoms with van der Waals surface area (Å²) < 4.78 is 0. The van der Waals surface area contributed by atoms with Crippen LogP contribution in [0.1, 0.15) is 29.3 Å². The number of aromatic nitrogens is 1. The molecule has 0 aliphatic carbocycles. The second-order valence-corrected chi connectivity index (χ2v) is 6.90. The van der Waals surface area contributed by atoms with Gasteiger partial charge in [0.15, 0.2) is 0 Å². The molecule has 2 amide bonds. The van der Waals surface area contributed by atoms with Crippen LogP contribution >= 0.6 is 11.3 Å². The molecule has 8 heteroatoms. The number of nitrogens with one attached hydrogen (secondary N) is 2. The third-order valence-corrected chi connectivity index (χ3v) is 4.23. The summed E-state index contributed by atoms with van der Waals surface area (Å²) in [7, 11) is 0. The van der Waals surface area contributed by atoms with E-state index in [9.17, 15) is 14.9 Å². The first-order valence-electron chi connectivity index (χ1n) is 7.00. The summed E-state index contributed by atoms with van der Waals surface area (Å²) in [6, 6.07) is 5.84. The second-order valence-electron chi connectivity index (χ2n) is 5.58. The molecule has 2 rings (SSSR count). The van der Waals surface area contributed by atoms with Crippen LogP contribution in [0, 0.1) is 17.0 Å². The van der Waals surface area contributed by atoms with Gasteiger partial charge in [0.25, 0.3) is 5.69 Å². The Kier molecular flexibility index (Phi) is 4.95. The minimum absolute atomic E-state index is 0.0227. The summed E-state index contributed by atoms with van der Waals surface area (Å²) in [6.45, 7) is 5.99. The maximum atomic E-state index is 12.0. The molecule has 0 saturated carbocycles. The fraction of sp³-hybridized carbons (Fsp3) is 0.333. The van der Waals surface area contributed by atoms with Crippen molar-refractivity contribution in [2.75, 3.05) is 0 Å². The molecule has 7 nitrogen and oxygen atoms in total. The lowest BCUT2D eigenvalue weighted by atomic mass is 9.94. The van der Waals surface area contributed by atoms with E-state index in [0.29, 0.717) is 6.54 Å². The molecule has 0 aliphatic heterocycles. The molecule has 0 atom stereocenters. The van der Waals surface area contributed by atoms with Gasteiger partial charge in [0.1, 0.15) is 0 Å². The number of carbonyl (C=O) groups excluding carboxylic acids is 1. The molecule has 0 spiro atoms. The molecule has 122 valence electrons. The first-order valence-corrected chi connectivity index (χ1v) is 7.82. The summed E-state index contributed by atoms with van der Waals surface area (Å²) in [6.07, 6.45) is 1.74. The molecule has 0 fully saturated rings. The van der Waals surface area contributed by atoms with Gasteiger partial charge in [0.2, 0.25) is 0 Å². The first kappa shape index (κ1) is 16.9. The lowest BCUT2D eigenvalue weighted by molar-refractivity contribution is -0.384. The Hall–Kier alpha value is -2.48. The Morgan fingerprint density at radius 1 is 1.35 bits per heavy atom. The van der Waals surface area contributed by atoms with Crippen LogP contribution in [0.5, 0.6) is 0 Å². The van der Waals surface area contributed by atoms with Gasteiger partial charge in [-0.1, -0.05) is 0 Å². The Labute approximate surface area is 137 Å². The topological polar surface area (TPSA) is 97.2 Å². The van der Waals surface area contributed by atoms with Gasteiger partial charge >= 0.3 is 6.03 Å². The third-order valence-electron chi connectivity index (χ3n) is 3.32. The Balaban J connectivity index is 1.96. The summed E-state index contributed by atoms with van der Waals surface area (Å²) in [4.78, 5) is 27.4. The van der Waals surface area contributed by atoms with Crippen molar-refractivity contribution in [2.45, 2.75) is 32.9 Å². The molecule has 1 aromatic carbocycles. The van der Waals surface area contributed by atoms with Gasteiger partial charge in [-0.05, 0) is 38.5 Å². The van der Waals surface area contributed by atoms with E-state index in [2.05, 4.69) is 15.6 Å². The number of nitro benzene ring substituents is 1. The maximum absolute atomic E-state index is 12.0. The Morgan fingerprint density at radius 3 is 2.52 bits per heavy atom. The van der Waals surface area contributed by atoms with E-state index in [1.54, 1.807) is 18.3 Å². The van der Waals surface area contributed by atoms with Crippen molar-refractivity contribution in [1.29, 1.82) is 0 Å². The van der Waals surface area contributed by atoms with Crippen molar-refractivity contribution in [3.8, 4) is 0 Å². The molecule has 1 aromatic heterocycles. The molecule has 0 aliphatic rings. The van der Waals surface area contributed by atoms with E-state index in [4.69, 9.17) is 0 Å². The fourth-order valence-electron chi connectivity index (χ4n) is 2.05. The molecule has 0 bridgehead atoms. The normalized spacial score (nSPS) is 11.1. The predicted molar refractivity (Wildman–Crippen MR) is 88.3 cm³/mol. The third kappa shape index (κ3) is 4.49. The highest BCUT2D eigenvalue weighted by Gasteiger charge is 2.23. The number of hydrogen-bond acceptors (Lipinski definition) is 5.